The zero-order valence-corrected chi connectivity index (χ0v) is 14.1. The van der Waals surface area contributed by atoms with Gasteiger partial charge in [-0.3, -0.25) is 4.79 Å². The molecule has 0 atom stereocenters. The van der Waals surface area contributed by atoms with Crippen molar-refractivity contribution in [1.29, 1.82) is 0 Å². The van der Waals surface area contributed by atoms with Crippen molar-refractivity contribution in [1.82, 2.24) is 15.1 Å². The van der Waals surface area contributed by atoms with Gasteiger partial charge in [-0.25, -0.2) is 0 Å². The predicted octanol–water partition coefficient (Wildman–Crippen LogP) is 2.42. The van der Waals surface area contributed by atoms with Gasteiger partial charge in [-0.2, -0.15) is 0 Å². The second kappa shape index (κ2) is 7.40. The third-order valence-corrected chi connectivity index (χ3v) is 4.07. The Bertz CT molecular complexity index is 696. The molecular weight excluding hydrogens is 304 g/mol. The van der Waals surface area contributed by atoms with E-state index < -0.39 is 0 Å². The molecule has 1 aliphatic rings. The Hall–Kier alpha value is -2.47. The maximum absolute atomic E-state index is 12.4. The van der Waals surface area contributed by atoms with Crippen molar-refractivity contribution < 1.29 is 9.53 Å². The molecule has 1 amide bonds. The minimum Gasteiger partial charge on any atom is -0.378 e. The van der Waals surface area contributed by atoms with Gasteiger partial charge in [-0.15, -0.1) is 10.2 Å². The van der Waals surface area contributed by atoms with Gasteiger partial charge in [0.15, 0.2) is 11.5 Å². The van der Waals surface area contributed by atoms with Crippen molar-refractivity contribution >= 4 is 17.4 Å². The molecule has 1 aromatic carbocycles. The summed E-state index contributed by atoms with van der Waals surface area (Å²) in [6, 6.07) is 11.8. The Balaban J connectivity index is 1.78. The van der Waals surface area contributed by atoms with E-state index in [1.807, 2.05) is 18.2 Å². The Labute approximate surface area is 142 Å². The number of hydrogen-bond donors (Lipinski definition) is 0. The first-order valence-corrected chi connectivity index (χ1v) is 8.24. The highest BCUT2D eigenvalue weighted by Crippen LogP contribution is 2.23. The molecule has 2 heterocycles. The van der Waals surface area contributed by atoms with Crippen LogP contribution in [-0.4, -0.2) is 53.9 Å². The highest BCUT2D eigenvalue weighted by atomic mass is 16.5. The lowest BCUT2D eigenvalue weighted by molar-refractivity contribution is 0.0298. The molecule has 0 radical (unpaired) electrons. The number of aromatic nitrogens is 2. The SMILES string of the molecule is CCN(c1cccc(C)c1)c1ccc(C(=O)N2CCOCC2)nn1. The second-order valence-electron chi connectivity index (χ2n) is 5.76. The normalized spacial score (nSPS) is 14.5. The Kier molecular flexibility index (Phi) is 5.05. The molecule has 1 fully saturated rings. The maximum atomic E-state index is 12.4. The summed E-state index contributed by atoms with van der Waals surface area (Å²) in [6.45, 7) is 7.26. The topological polar surface area (TPSA) is 58.6 Å². The predicted molar refractivity (Wildman–Crippen MR) is 92.6 cm³/mol. The molecule has 0 aliphatic carbocycles. The van der Waals surface area contributed by atoms with Crippen LogP contribution in [0.25, 0.3) is 0 Å². The summed E-state index contributed by atoms with van der Waals surface area (Å²) in [7, 11) is 0. The number of carbonyl (C=O) groups is 1. The highest BCUT2D eigenvalue weighted by molar-refractivity contribution is 5.92. The van der Waals surface area contributed by atoms with E-state index in [1.54, 1.807) is 11.0 Å². The second-order valence-corrected chi connectivity index (χ2v) is 5.76. The number of amides is 1. The summed E-state index contributed by atoms with van der Waals surface area (Å²) >= 11 is 0. The molecule has 1 aliphatic heterocycles. The van der Waals surface area contributed by atoms with E-state index in [2.05, 4.69) is 41.1 Å². The van der Waals surface area contributed by atoms with Crippen LogP contribution in [0.5, 0.6) is 0 Å². The smallest absolute Gasteiger partial charge is 0.274 e. The molecule has 126 valence electrons. The number of aryl methyl sites for hydroxylation is 1. The number of nitrogens with zero attached hydrogens (tertiary/aromatic N) is 4. The van der Waals surface area contributed by atoms with Crippen LogP contribution in [-0.2, 0) is 4.74 Å². The Morgan fingerprint density at radius 3 is 2.62 bits per heavy atom. The molecule has 0 N–H and O–H groups in total. The minimum absolute atomic E-state index is 0.0871. The van der Waals surface area contributed by atoms with Gasteiger partial charge >= 0.3 is 0 Å². The van der Waals surface area contributed by atoms with Crippen LogP contribution in [0.4, 0.5) is 11.5 Å². The summed E-state index contributed by atoms with van der Waals surface area (Å²) < 4.78 is 5.27. The van der Waals surface area contributed by atoms with Gasteiger partial charge in [0.2, 0.25) is 0 Å². The first kappa shape index (κ1) is 16.4. The monoisotopic (exact) mass is 326 g/mol. The summed E-state index contributed by atoms with van der Waals surface area (Å²) in [6.07, 6.45) is 0. The molecule has 0 saturated carbocycles. The number of ether oxygens (including phenoxy) is 1. The Morgan fingerprint density at radius 2 is 2.00 bits per heavy atom. The van der Waals surface area contributed by atoms with Gasteiger partial charge in [0, 0.05) is 25.3 Å². The number of anilines is 2. The van der Waals surface area contributed by atoms with E-state index in [0.717, 1.165) is 18.1 Å². The number of morpholine rings is 1. The molecule has 6 nitrogen and oxygen atoms in total. The zero-order valence-electron chi connectivity index (χ0n) is 14.1. The number of carbonyl (C=O) groups excluding carboxylic acids is 1. The summed E-state index contributed by atoms with van der Waals surface area (Å²) in [5.41, 5.74) is 2.64. The lowest BCUT2D eigenvalue weighted by atomic mass is 10.2. The van der Waals surface area contributed by atoms with Gasteiger partial charge < -0.3 is 14.5 Å². The van der Waals surface area contributed by atoms with Crippen molar-refractivity contribution in [2.24, 2.45) is 0 Å². The van der Waals surface area contributed by atoms with E-state index >= 15 is 0 Å². The van der Waals surface area contributed by atoms with Crippen LogP contribution in [0.1, 0.15) is 23.0 Å². The third-order valence-electron chi connectivity index (χ3n) is 4.07. The fourth-order valence-electron chi connectivity index (χ4n) is 2.78. The fourth-order valence-corrected chi connectivity index (χ4v) is 2.78. The average molecular weight is 326 g/mol. The van der Waals surface area contributed by atoms with Crippen molar-refractivity contribution in [3.05, 3.63) is 47.7 Å². The van der Waals surface area contributed by atoms with Crippen LogP contribution >= 0.6 is 0 Å². The summed E-state index contributed by atoms with van der Waals surface area (Å²) in [4.78, 5) is 16.2. The first-order chi connectivity index (χ1) is 11.7. The molecule has 0 spiro atoms. The largest absolute Gasteiger partial charge is 0.378 e. The lowest BCUT2D eigenvalue weighted by Crippen LogP contribution is -2.41. The van der Waals surface area contributed by atoms with Crippen LogP contribution in [0.2, 0.25) is 0 Å². The molecule has 3 rings (SSSR count). The molecule has 0 unspecified atom stereocenters. The van der Waals surface area contributed by atoms with E-state index in [-0.39, 0.29) is 5.91 Å². The van der Waals surface area contributed by atoms with Crippen molar-refractivity contribution in [3.8, 4) is 0 Å². The molecule has 2 aromatic rings. The van der Waals surface area contributed by atoms with E-state index in [9.17, 15) is 4.79 Å². The summed E-state index contributed by atoms with van der Waals surface area (Å²) in [5, 5.41) is 8.42. The highest BCUT2D eigenvalue weighted by Gasteiger charge is 2.20. The van der Waals surface area contributed by atoms with Gasteiger partial charge in [0.1, 0.15) is 0 Å². The van der Waals surface area contributed by atoms with Gasteiger partial charge in [0.25, 0.3) is 5.91 Å². The molecule has 0 bridgehead atoms. The van der Waals surface area contributed by atoms with Gasteiger partial charge in [-0.05, 0) is 43.7 Å². The van der Waals surface area contributed by atoms with E-state index in [0.29, 0.717) is 32.0 Å². The standard InChI is InChI=1S/C18H22N4O2/c1-3-22(15-6-4-5-14(2)13-15)17-8-7-16(19-20-17)18(23)21-9-11-24-12-10-21/h4-8,13H,3,9-12H2,1-2H3. The van der Waals surface area contributed by atoms with Gasteiger partial charge in [-0.1, -0.05) is 12.1 Å². The first-order valence-electron chi connectivity index (χ1n) is 8.24. The van der Waals surface area contributed by atoms with Crippen LogP contribution in [0, 0.1) is 6.92 Å². The van der Waals surface area contributed by atoms with E-state index in [1.165, 1.54) is 5.56 Å². The zero-order chi connectivity index (χ0) is 16.9. The number of hydrogen-bond acceptors (Lipinski definition) is 5. The van der Waals surface area contributed by atoms with Gasteiger partial charge in [0.05, 0.1) is 13.2 Å². The molecule has 6 heteroatoms. The summed E-state index contributed by atoms with van der Waals surface area (Å²) in [5.74, 6) is 0.651. The molecule has 1 saturated heterocycles. The average Bonchev–Trinajstić information content (AvgIpc) is 2.63. The van der Waals surface area contributed by atoms with Crippen LogP contribution in [0.15, 0.2) is 36.4 Å². The van der Waals surface area contributed by atoms with Crippen LogP contribution < -0.4 is 4.90 Å². The molecule has 24 heavy (non-hydrogen) atoms. The molecular formula is C18H22N4O2. The Morgan fingerprint density at radius 1 is 1.21 bits per heavy atom. The third kappa shape index (κ3) is 3.54. The molecule has 1 aromatic heterocycles. The lowest BCUT2D eigenvalue weighted by Gasteiger charge is -2.26. The van der Waals surface area contributed by atoms with Crippen LogP contribution in [0.3, 0.4) is 0 Å². The number of rotatable bonds is 4. The minimum atomic E-state index is -0.0871. The number of benzene rings is 1. The van der Waals surface area contributed by atoms with Crippen molar-refractivity contribution in [2.75, 3.05) is 37.7 Å². The van der Waals surface area contributed by atoms with E-state index in [4.69, 9.17) is 4.74 Å². The fraction of sp³-hybridized carbons (Fsp3) is 0.389. The maximum Gasteiger partial charge on any atom is 0.274 e. The quantitative estimate of drug-likeness (QED) is 0.863. The van der Waals surface area contributed by atoms with Crippen molar-refractivity contribution in [3.63, 3.8) is 0 Å². The van der Waals surface area contributed by atoms with Crippen molar-refractivity contribution in [2.45, 2.75) is 13.8 Å².